The molecule has 6 nitrogen and oxygen atoms in total. The van der Waals surface area contributed by atoms with Crippen molar-refractivity contribution in [3.05, 3.63) is 30.1 Å². The first-order chi connectivity index (χ1) is 13.0. The van der Waals surface area contributed by atoms with Gasteiger partial charge >= 0.3 is 0 Å². The first-order valence-corrected chi connectivity index (χ1v) is 11.0. The smallest absolute Gasteiger partial charge is 0.251 e. The molecule has 3 rings (SSSR count). The first kappa shape index (κ1) is 20.1. The van der Waals surface area contributed by atoms with Gasteiger partial charge in [-0.25, -0.2) is 0 Å². The highest BCUT2D eigenvalue weighted by molar-refractivity contribution is 7.98. The van der Waals surface area contributed by atoms with Crippen LogP contribution in [0.15, 0.2) is 24.5 Å². The zero-order valence-electron chi connectivity index (χ0n) is 16.0. The van der Waals surface area contributed by atoms with E-state index in [1.807, 2.05) is 23.3 Å². The Morgan fingerprint density at radius 3 is 2.67 bits per heavy atom. The van der Waals surface area contributed by atoms with E-state index in [4.69, 9.17) is 0 Å². The molecule has 2 aliphatic heterocycles. The maximum Gasteiger partial charge on any atom is 0.251 e. The molecule has 7 heteroatoms. The number of thioether (sulfide) groups is 1. The van der Waals surface area contributed by atoms with Gasteiger partial charge in [0.1, 0.15) is 6.10 Å². The number of aliphatic hydroxyl groups is 1. The highest BCUT2D eigenvalue weighted by Crippen LogP contribution is 2.40. The molecule has 0 aromatic carbocycles. The highest BCUT2D eigenvalue weighted by atomic mass is 32.2. The van der Waals surface area contributed by atoms with Crippen molar-refractivity contribution >= 4 is 23.6 Å². The van der Waals surface area contributed by atoms with Crippen molar-refractivity contribution in [3.63, 3.8) is 0 Å². The molecule has 148 valence electrons. The Kier molecular flexibility index (Phi) is 6.76. The number of nitrogens with zero attached hydrogens (tertiary/aromatic N) is 3. The highest BCUT2D eigenvalue weighted by Gasteiger charge is 2.42. The summed E-state index contributed by atoms with van der Waals surface area (Å²) in [6.07, 6.45) is 8.38. The van der Waals surface area contributed by atoms with Crippen molar-refractivity contribution in [3.8, 4) is 0 Å². The van der Waals surface area contributed by atoms with Crippen molar-refractivity contribution in [1.29, 1.82) is 0 Å². The summed E-state index contributed by atoms with van der Waals surface area (Å²) in [6.45, 7) is 2.73. The Morgan fingerprint density at radius 2 is 2.00 bits per heavy atom. The van der Waals surface area contributed by atoms with Crippen LogP contribution in [0, 0.1) is 5.41 Å². The van der Waals surface area contributed by atoms with Gasteiger partial charge in [0.2, 0.25) is 5.91 Å². The molecule has 0 aliphatic carbocycles. The monoisotopic (exact) mass is 391 g/mol. The van der Waals surface area contributed by atoms with E-state index < -0.39 is 6.10 Å². The molecule has 3 heterocycles. The minimum Gasteiger partial charge on any atom is -0.383 e. The lowest BCUT2D eigenvalue weighted by molar-refractivity contribution is -0.147. The van der Waals surface area contributed by atoms with Crippen LogP contribution in [0.1, 0.15) is 37.7 Å². The summed E-state index contributed by atoms with van der Waals surface area (Å²) in [7, 11) is 0. The average Bonchev–Trinajstić information content (AvgIpc) is 2.70. The Balaban J connectivity index is 1.56. The van der Waals surface area contributed by atoms with Gasteiger partial charge in [-0.3, -0.25) is 14.6 Å². The molecule has 1 atom stereocenters. The van der Waals surface area contributed by atoms with E-state index in [1.54, 1.807) is 29.1 Å². The van der Waals surface area contributed by atoms with Crippen LogP contribution in [0.4, 0.5) is 0 Å². The van der Waals surface area contributed by atoms with E-state index in [-0.39, 0.29) is 17.2 Å². The summed E-state index contributed by atoms with van der Waals surface area (Å²) >= 11 is 1.64. The quantitative estimate of drug-likeness (QED) is 0.802. The van der Waals surface area contributed by atoms with E-state index in [2.05, 4.69) is 4.98 Å². The minimum atomic E-state index is -0.886. The van der Waals surface area contributed by atoms with Crippen molar-refractivity contribution < 1.29 is 14.7 Å². The molecule has 0 bridgehead atoms. The normalized spacial score (nSPS) is 20.7. The van der Waals surface area contributed by atoms with E-state index in [1.165, 1.54) is 0 Å². The largest absolute Gasteiger partial charge is 0.383 e. The number of rotatable bonds is 6. The predicted molar refractivity (Wildman–Crippen MR) is 106 cm³/mol. The zero-order valence-corrected chi connectivity index (χ0v) is 16.8. The molecule has 27 heavy (non-hydrogen) atoms. The number of carbonyl (C=O) groups excluding carboxylic acids is 2. The number of amides is 2. The number of pyridine rings is 1. The number of likely N-dealkylation sites (tertiary alicyclic amines) is 2. The van der Waals surface area contributed by atoms with Crippen LogP contribution in [0.3, 0.4) is 0 Å². The molecule has 0 radical (unpaired) electrons. The molecule has 0 saturated carbocycles. The summed E-state index contributed by atoms with van der Waals surface area (Å²) in [4.78, 5) is 32.6. The number of piperidine rings is 2. The van der Waals surface area contributed by atoms with Crippen LogP contribution < -0.4 is 0 Å². The zero-order chi connectivity index (χ0) is 19.3. The molecular weight excluding hydrogens is 362 g/mol. The van der Waals surface area contributed by atoms with Gasteiger partial charge in [-0.2, -0.15) is 11.8 Å². The maximum absolute atomic E-state index is 12.4. The molecule has 1 N–H and O–H groups in total. The van der Waals surface area contributed by atoms with Gasteiger partial charge in [0, 0.05) is 45.0 Å². The first-order valence-electron chi connectivity index (χ1n) is 9.65. The van der Waals surface area contributed by atoms with Crippen molar-refractivity contribution in [2.45, 2.75) is 44.8 Å². The summed E-state index contributed by atoms with van der Waals surface area (Å²) in [5.41, 5.74) is 1.20. The number of aliphatic hydroxyl groups excluding tert-OH is 1. The van der Waals surface area contributed by atoms with Gasteiger partial charge in [0.25, 0.3) is 5.91 Å². The second-order valence-electron chi connectivity index (χ2n) is 7.73. The Bertz CT molecular complexity index is 647. The van der Waals surface area contributed by atoms with Crippen molar-refractivity contribution in [2.24, 2.45) is 5.41 Å². The summed E-state index contributed by atoms with van der Waals surface area (Å²) in [5.74, 6) is 0.861. The number of aromatic nitrogens is 1. The van der Waals surface area contributed by atoms with Gasteiger partial charge in [-0.1, -0.05) is 0 Å². The second kappa shape index (κ2) is 9.06. The minimum absolute atomic E-state index is 0.0991. The van der Waals surface area contributed by atoms with Gasteiger partial charge in [-0.15, -0.1) is 0 Å². The topological polar surface area (TPSA) is 73.7 Å². The fourth-order valence-electron chi connectivity index (χ4n) is 4.13. The molecule has 2 amide bonds. The van der Waals surface area contributed by atoms with Crippen molar-refractivity contribution in [2.75, 3.05) is 31.6 Å². The average molecular weight is 392 g/mol. The van der Waals surface area contributed by atoms with Crippen LogP contribution in [-0.2, 0) is 16.1 Å². The molecular formula is C20H29N3O3S. The summed E-state index contributed by atoms with van der Waals surface area (Å²) < 4.78 is 0. The van der Waals surface area contributed by atoms with Crippen LogP contribution >= 0.6 is 11.8 Å². The van der Waals surface area contributed by atoms with Crippen LogP contribution in [0.2, 0.25) is 0 Å². The molecule has 1 spiro atoms. The lowest BCUT2D eigenvalue weighted by Crippen LogP contribution is -2.53. The van der Waals surface area contributed by atoms with Crippen LogP contribution in [-0.4, -0.2) is 69.5 Å². The van der Waals surface area contributed by atoms with E-state index >= 15 is 0 Å². The van der Waals surface area contributed by atoms with E-state index in [0.29, 0.717) is 32.5 Å². The van der Waals surface area contributed by atoms with E-state index in [0.717, 1.165) is 37.1 Å². The lowest BCUT2D eigenvalue weighted by atomic mass is 9.72. The van der Waals surface area contributed by atoms with Gasteiger partial charge in [-0.05, 0) is 60.8 Å². The van der Waals surface area contributed by atoms with Gasteiger partial charge in [0.15, 0.2) is 0 Å². The maximum atomic E-state index is 12.4. The Morgan fingerprint density at radius 1 is 1.30 bits per heavy atom. The molecule has 1 aromatic rings. The summed E-state index contributed by atoms with van der Waals surface area (Å²) in [6, 6.07) is 3.90. The standard InChI is InChI=1S/C20H29N3O3S/c1-27-13-5-17(24)19(26)22-11-7-20(8-12-22)6-2-18(25)23(15-20)14-16-3-9-21-10-4-16/h3-4,9-10,17,24H,2,5-8,11-15H2,1H3/t17-/m1/s1. The van der Waals surface area contributed by atoms with Crippen LogP contribution in [0.25, 0.3) is 0 Å². The third kappa shape index (κ3) is 5.02. The Hall–Kier alpha value is -1.60. The fourth-order valence-corrected chi connectivity index (χ4v) is 4.59. The molecule has 2 saturated heterocycles. The lowest BCUT2D eigenvalue weighted by Gasteiger charge is -2.47. The SMILES string of the molecule is CSCC[C@@H](O)C(=O)N1CCC2(CCC(=O)N(Cc3ccncc3)C2)CC1. The number of carbonyl (C=O) groups is 2. The van der Waals surface area contributed by atoms with Crippen LogP contribution in [0.5, 0.6) is 0 Å². The number of hydrogen-bond donors (Lipinski definition) is 1. The molecule has 1 aromatic heterocycles. The third-order valence-corrected chi connectivity index (χ3v) is 6.53. The van der Waals surface area contributed by atoms with Gasteiger partial charge in [0.05, 0.1) is 0 Å². The molecule has 2 fully saturated rings. The molecule has 2 aliphatic rings. The van der Waals surface area contributed by atoms with Gasteiger partial charge < -0.3 is 14.9 Å². The van der Waals surface area contributed by atoms with E-state index in [9.17, 15) is 14.7 Å². The fraction of sp³-hybridized carbons (Fsp3) is 0.650. The van der Waals surface area contributed by atoms with Crippen molar-refractivity contribution in [1.82, 2.24) is 14.8 Å². The summed E-state index contributed by atoms with van der Waals surface area (Å²) in [5, 5.41) is 10.1. The predicted octanol–water partition coefficient (Wildman–Crippen LogP) is 1.93. The third-order valence-electron chi connectivity index (χ3n) is 5.89. The number of hydrogen-bond acceptors (Lipinski definition) is 5. The second-order valence-corrected chi connectivity index (χ2v) is 8.71. The molecule has 0 unspecified atom stereocenters. The Labute approximate surface area is 165 Å².